The van der Waals surface area contributed by atoms with Gasteiger partial charge in [-0.1, -0.05) is 199 Å². The quantitative estimate of drug-likeness (QED) is 0.147. The molecule has 346 valence electrons. The van der Waals surface area contributed by atoms with E-state index in [9.17, 15) is 0 Å². The Morgan fingerprint density at radius 1 is 0.236 bits per heavy atom. The molecular weight excluding hydrogens is 869 g/mol. The molecule has 0 unspecified atom stereocenters. The van der Waals surface area contributed by atoms with E-state index in [-0.39, 0.29) is 10.8 Å². The Kier molecular flexibility index (Phi) is 10.0. The van der Waals surface area contributed by atoms with Gasteiger partial charge in [0.05, 0.1) is 22.1 Å². The fraction of sp³-hybridized carbons (Fsp3) is 0.114. The normalized spacial score (nSPS) is 12.3. The Morgan fingerprint density at radius 3 is 0.931 bits per heavy atom. The number of benzene rings is 11. The summed E-state index contributed by atoms with van der Waals surface area (Å²) in [5, 5.41) is 9.96. The van der Waals surface area contributed by atoms with E-state index in [1.54, 1.807) is 0 Å². The van der Waals surface area contributed by atoms with Crippen LogP contribution in [-0.4, -0.2) is 9.13 Å². The van der Waals surface area contributed by atoms with Crippen molar-refractivity contribution in [2.45, 2.75) is 52.4 Å². The third-order valence-electron chi connectivity index (χ3n) is 15.2. The minimum atomic E-state index is 0.0895. The zero-order valence-corrected chi connectivity index (χ0v) is 41.8. The Bertz CT molecular complexity index is 3950. The van der Waals surface area contributed by atoms with Crippen LogP contribution in [0.3, 0.4) is 0 Å². The first-order valence-electron chi connectivity index (χ1n) is 25.4. The van der Waals surface area contributed by atoms with Crippen LogP contribution in [0, 0.1) is 0 Å². The Balaban J connectivity index is 0.996. The zero-order valence-electron chi connectivity index (χ0n) is 41.8. The summed E-state index contributed by atoms with van der Waals surface area (Å²) in [6, 6.07) is 86.3. The predicted octanol–water partition coefficient (Wildman–Crippen LogP) is 19.5. The van der Waals surface area contributed by atoms with Crippen LogP contribution in [0.1, 0.15) is 52.7 Å². The summed E-state index contributed by atoms with van der Waals surface area (Å²) in [6.07, 6.45) is 0. The lowest BCUT2D eigenvalue weighted by Crippen LogP contribution is -2.10. The summed E-state index contributed by atoms with van der Waals surface area (Å²) < 4.78 is 4.84. The van der Waals surface area contributed by atoms with Crippen LogP contribution >= 0.6 is 0 Å². The van der Waals surface area contributed by atoms with E-state index >= 15 is 0 Å². The minimum absolute atomic E-state index is 0.0895. The van der Waals surface area contributed by atoms with Gasteiger partial charge in [0.15, 0.2) is 0 Å². The summed E-state index contributed by atoms with van der Waals surface area (Å²) >= 11 is 0. The summed E-state index contributed by atoms with van der Waals surface area (Å²) in [5.74, 6) is 0. The van der Waals surface area contributed by atoms with E-state index in [0.717, 1.165) is 0 Å². The predicted molar refractivity (Wildman–Crippen MR) is 309 cm³/mol. The number of para-hydroxylation sites is 2. The van der Waals surface area contributed by atoms with Crippen LogP contribution in [0.2, 0.25) is 0 Å². The molecule has 0 saturated carbocycles. The maximum absolute atomic E-state index is 2.45. The fourth-order valence-electron chi connectivity index (χ4n) is 11.5. The van der Waals surface area contributed by atoms with Crippen molar-refractivity contribution in [2.24, 2.45) is 0 Å². The van der Waals surface area contributed by atoms with Crippen LogP contribution in [0.4, 0.5) is 0 Å². The lowest BCUT2D eigenvalue weighted by molar-refractivity contribution is 0.590. The van der Waals surface area contributed by atoms with Crippen molar-refractivity contribution in [3.63, 3.8) is 0 Å². The Morgan fingerprint density at radius 2 is 0.556 bits per heavy atom. The second-order valence-electron chi connectivity index (χ2n) is 21.8. The first-order valence-corrected chi connectivity index (χ1v) is 25.4. The van der Waals surface area contributed by atoms with Crippen molar-refractivity contribution in [3.05, 3.63) is 242 Å². The molecule has 2 aromatic heterocycles. The van der Waals surface area contributed by atoms with Crippen LogP contribution in [0.5, 0.6) is 0 Å². The highest BCUT2D eigenvalue weighted by Gasteiger charge is 2.22. The van der Waals surface area contributed by atoms with E-state index in [1.807, 2.05) is 0 Å². The molecule has 0 bridgehead atoms. The van der Waals surface area contributed by atoms with Crippen LogP contribution in [-0.2, 0) is 10.8 Å². The molecule has 2 heterocycles. The molecule has 13 aromatic rings. The summed E-state index contributed by atoms with van der Waals surface area (Å²) in [4.78, 5) is 0. The average Bonchev–Trinajstić information content (AvgIpc) is 3.92. The monoisotopic (exact) mass is 924 g/mol. The van der Waals surface area contributed by atoms with E-state index in [1.165, 1.54) is 132 Å². The first kappa shape index (κ1) is 43.6. The maximum atomic E-state index is 2.45. The highest BCUT2D eigenvalue weighted by Crippen LogP contribution is 2.47. The molecule has 0 aliphatic carbocycles. The van der Waals surface area contributed by atoms with Crippen molar-refractivity contribution in [1.29, 1.82) is 0 Å². The molecule has 0 saturated heterocycles. The van der Waals surface area contributed by atoms with E-state index in [4.69, 9.17) is 0 Å². The smallest absolute Gasteiger partial charge is 0.0541 e. The van der Waals surface area contributed by atoms with Gasteiger partial charge < -0.3 is 9.13 Å². The average molecular weight is 925 g/mol. The molecule has 0 amide bonds. The molecule has 0 N–H and O–H groups in total. The lowest BCUT2D eigenvalue weighted by atomic mass is 9.84. The molecule has 0 atom stereocenters. The molecule has 2 nitrogen and oxygen atoms in total. The number of fused-ring (bicyclic) bond motifs is 8. The van der Waals surface area contributed by atoms with Crippen molar-refractivity contribution in [2.75, 3.05) is 0 Å². The molecule has 0 aliphatic rings. The standard InChI is InChI=1S/C70H56N2/c1-69(2,3)51-29-33-53(34-30-51)71-63-23-15-13-21-55(63)59-41-49(27-39-65(59)71)47-25-37-57-61(43-47)67(45-17-9-7-10-18-45)58-38-26-48(44-62(58)68(57)46-19-11-8-12-20-46)50-28-40-66-60(42-50)56-22-14-16-24-64(56)72(66)54-35-31-52(32-36-54)70(4,5)6/h7-44H,1-6H3. The van der Waals surface area contributed by atoms with E-state index in [2.05, 4.69) is 281 Å². The summed E-state index contributed by atoms with van der Waals surface area (Å²) in [7, 11) is 0. The minimum Gasteiger partial charge on any atom is -0.309 e. The highest BCUT2D eigenvalue weighted by atomic mass is 15.0. The second-order valence-corrected chi connectivity index (χ2v) is 21.8. The van der Waals surface area contributed by atoms with Crippen LogP contribution in [0.25, 0.3) is 121 Å². The Hall–Kier alpha value is -8.46. The largest absolute Gasteiger partial charge is 0.309 e. The van der Waals surface area contributed by atoms with Crippen molar-refractivity contribution >= 4 is 65.2 Å². The zero-order chi connectivity index (χ0) is 48.9. The maximum Gasteiger partial charge on any atom is 0.0541 e. The summed E-state index contributed by atoms with van der Waals surface area (Å²) in [5.41, 5.74) is 19.7. The van der Waals surface area contributed by atoms with E-state index in [0.29, 0.717) is 0 Å². The number of nitrogens with zero attached hydrogens (tertiary/aromatic N) is 2. The van der Waals surface area contributed by atoms with Gasteiger partial charge >= 0.3 is 0 Å². The van der Waals surface area contributed by atoms with Gasteiger partial charge in [-0.15, -0.1) is 0 Å². The Labute approximate surface area is 422 Å². The van der Waals surface area contributed by atoms with Gasteiger partial charge in [-0.2, -0.15) is 0 Å². The fourth-order valence-corrected chi connectivity index (χ4v) is 11.5. The van der Waals surface area contributed by atoms with Crippen molar-refractivity contribution < 1.29 is 0 Å². The van der Waals surface area contributed by atoms with Crippen molar-refractivity contribution in [3.8, 4) is 55.9 Å². The number of hydrogen-bond acceptors (Lipinski definition) is 0. The van der Waals surface area contributed by atoms with Gasteiger partial charge in [0.1, 0.15) is 0 Å². The van der Waals surface area contributed by atoms with Gasteiger partial charge in [0, 0.05) is 32.9 Å². The topological polar surface area (TPSA) is 9.86 Å². The lowest BCUT2D eigenvalue weighted by Gasteiger charge is -2.20. The van der Waals surface area contributed by atoms with Gasteiger partial charge in [0.25, 0.3) is 0 Å². The number of rotatable bonds is 6. The van der Waals surface area contributed by atoms with Gasteiger partial charge in [0.2, 0.25) is 0 Å². The number of hydrogen-bond donors (Lipinski definition) is 0. The third-order valence-corrected chi connectivity index (χ3v) is 15.2. The molecule has 0 radical (unpaired) electrons. The first-order chi connectivity index (χ1) is 35.0. The van der Waals surface area contributed by atoms with Crippen molar-refractivity contribution in [1.82, 2.24) is 9.13 Å². The van der Waals surface area contributed by atoms with Gasteiger partial charge in [-0.3, -0.25) is 0 Å². The number of aromatic nitrogens is 2. The van der Waals surface area contributed by atoms with Gasteiger partial charge in [-0.25, -0.2) is 0 Å². The molecule has 13 rings (SSSR count). The molecule has 11 aromatic carbocycles. The van der Waals surface area contributed by atoms with Crippen LogP contribution in [0.15, 0.2) is 231 Å². The molecule has 72 heavy (non-hydrogen) atoms. The highest BCUT2D eigenvalue weighted by molar-refractivity contribution is 6.23. The molecule has 2 heteroatoms. The molecular formula is C70H56N2. The third kappa shape index (κ3) is 7.16. The molecule has 0 aliphatic heterocycles. The van der Waals surface area contributed by atoms with Gasteiger partial charge in [-0.05, 0) is 161 Å². The molecule has 0 fully saturated rings. The summed E-state index contributed by atoms with van der Waals surface area (Å²) in [6.45, 7) is 13.6. The molecule has 0 spiro atoms. The van der Waals surface area contributed by atoms with E-state index < -0.39 is 0 Å². The van der Waals surface area contributed by atoms with Crippen LogP contribution < -0.4 is 0 Å². The SMILES string of the molecule is CC(C)(C)c1ccc(-n2c3ccccc3c3cc(-c4ccc5c(-c6ccccc6)c6cc(-c7ccc8c(c7)c7ccccc7n8-c7ccc(C(C)(C)C)cc7)ccc6c(-c6ccccc6)c5c4)ccc32)cc1. The second kappa shape index (κ2) is 16.6.